The second-order valence-electron chi connectivity index (χ2n) is 1.55. The van der Waals surface area contributed by atoms with Crippen molar-refractivity contribution in [1.29, 1.82) is 0 Å². The average Bonchev–Trinajstić information content (AvgIpc) is 1.85. The fraction of sp³-hybridized carbons (Fsp3) is 0.286. The molecule has 0 bridgehead atoms. The molecule has 0 aromatic carbocycles. The van der Waals surface area contributed by atoms with Crippen LogP contribution in [-0.4, -0.2) is 18.4 Å². The number of carbonyl (C=O) groups is 2. The van der Waals surface area contributed by atoms with Crippen LogP contribution in [0.5, 0.6) is 0 Å². The Balaban J connectivity index is 3.67. The summed E-state index contributed by atoms with van der Waals surface area (Å²) < 4.78 is 4.49. The van der Waals surface area contributed by atoms with Crippen molar-refractivity contribution in [2.24, 2.45) is 0 Å². The Labute approximate surface area is 59.7 Å². The molecule has 0 aliphatic rings. The van der Waals surface area contributed by atoms with Gasteiger partial charge in [-0.2, -0.15) is 0 Å². The van der Waals surface area contributed by atoms with Crippen LogP contribution in [0.25, 0.3) is 0 Å². The maximum atomic E-state index is 10.5. The molecule has 0 fully saturated rings. The van der Waals surface area contributed by atoms with Gasteiger partial charge in [-0.3, -0.25) is 4.79 Å². The summed E-state index contributed by atoms with van der Waals surface area (Å²) in [7, 11) is 0. The first-order valence-corrected chi connectivity index (χ1v) is 2.87. The molecule has 10 heavy (non-hydrogen) atoms. The van der Waals surface area contributed by atoms with Crippen molar-refractivity contribution in [3.05, 3.63) is 19.1 Å². The summed E-state index contributed by atoms with van der Waals surface area (Å²) >= 11 is 0. The van der Waals surface area contributed by atoms with E-state index in [-0.39, 0.29) is 0 Å². The van der Waals surface area contributed by atoms with E-state index in [1.54, 1.807) is 6.92 Å². The fourth-order valence-electron chi connectivity index (χ4n) is 0.351. The number of esters is 1. The molecular formula is C7H9O3. The highest BCUT2D eigenvalue weighted by Gasteiger charge is 1.92. The fourth-order valence-corrected chi connectivity index (χ4v) is 0.351. The Morgan fingerprint density at radius 2 is 2.10 bits per heavy atom. The molecule has 0 amide bonds. The molecule has 0 aliphatic carbocycles. The maximum Gasteiger partial charge on any atom is 0.330 e. The van der Waals surface area contributed by atoms with Gasteiger partial charge in [-0.1, -0.05) is 0 Å². The lowest BCUT2D eigenvalue weighted by Gasteiger charge is -1.92. The summed E-state index contributed by atoms with van der Waals surface area (Å²) in [6.07, 6.45) is 2.12. The molecule has 0 atom stereocenters. The van der Waals surface area contributed by atoms with Gasteiger partial charge in [-0.05, 0) is 13.0 Å². The monoisotopic (exact) mass is 141 g/mol. The second-order valence-corrected chi connectivity index (χ2v) is 1.55. The van der Waals surface area contributed by atoms with E-state index in [1.807, 2.05) is 0 Å². The smallest absolute Gasteiger partial charge is 0.330 e. The number of ketones is 1. The first-order valence-electron chi connectivity index (χ1n) is 2.87. The molecule has 0 aliphatic heterocycles. The van der Waals surface area contributed by atoms with Crippen molar-refractivity contribution in [3.8, 4) is 0 Å². The van der Waals surface area contributed by atoms with Gasteiger partial charge < -0.3 is 4.74 Å². The number of hydrogen-bond donors (Lipinski definition) is 0. The van der Waals surface area contributed by atoms with Crippen LogP contribution in [0.4, 0.5) is 0 Å². The molecule has 0 aromatic rings. The summed E-state index contributed by atoms with van der Waals surface area (Å²) in [5.74, 6) is -0.924. The van der Waals surface area contributed by atoms with Crippen molar-refractivity contribution in [3.63, 3.8) is 0 Å². The minimum Gasteiger partial charge on any atom is -0.463 e. The van der Waals surface area contributed by atoms with Crippen LogP contribution in [0.1, 0.15) is 6.92 Å². The van der Waals surface area contributed by atoms with Crippen LogP contribution in [0.15, 0.2) is 12.2 Å². The molecule has 3 nitrogen and oxygen atoms in total. The van der Waals surface area contributed by atoms with Crippen LogP contribution in [0, 0.1) is 6.92 Å². The molecule has 55 valence electrons. The van der Waals surface area contributed by atoms with Crippen LogP contribution in [0.2, 0.25) is 0 Å². The van der Waals surface area contributed by atoms with Crippen molar-refractivity contribution >= 4 is 11.8 Å². The molecule has 0 heterocycles. The van der Waals surface area contributed by atoms with Gasteiger partial charge in [0.1, 0.15) is 0 Å². The molecule has 0 unspecified atom stereocenters. The lowest BCUT2D eigenvalue weighted by atomic mass is 10.4. The molecule has 0 aromatic heterocycles. The molecule has 0 saturated heterocycles. The third-order valence-electron chi connectivity index (χ3n) is 0.692. The largest absolute Gasteiger partial charge is 0.463 e. The predicted octanol–water partition coefficient (Wildman–Crippen LogP) is 0.509. The first-order chi connectivity index (χ1) is 4.66. The van der Waals surface area contributed by atoms with E-state index in [0.717, 1.165) is 12.2 Å². The zero-order valence-corrected chi connectivity index (χ0v) is 5.79. The Bertz CT molecular complexity index is 158. The maximum absolute atomic E-state index is 10.5. The van der Waals surface area contributed by atoms with Crippen molar-refractivity contribution in [2.75, 3.05) is 6.61 Å². The molecular weight excluding hydrogens is 132 g/mol. The van der Waals surface area contributed by atoms with Crippen LogP contribution < -0.4 is 0 Å². The van der Waals surface area contributed by atoms with Gasteiger partial charge in [0, 0.05) is 13.0 Å². The Hall–Kier alpha value is -1.12. The number of ether oxygens (including phenoxy) is 1. The number of carbonyl (C=O) groups excluding carboxylic acids is 2. The highest BCUT2D eigenvalue weighted by atomic mass is 16.5. The molecule has 1 radical (unpaired) electrons. The molecule has 3 heteroatoms. The summed E-state index contributed by atoms with van der Waals surface area (Å²) in [4.78, 5) is 20.6. The molecule has 0 N–H and O–H groups in total. The summed E-state index contributed by atoms with van der Waals surface area (Å²) in [5.41, 5.74) is 0. The van der Waals surface area contributed by atoms with E-state index in [2.05, 4.69) is 11.7 Å². The average molecular weight is 141 g/mol. The van der Waals surface area contributed by atoms with E-state index in [0.29, 0.717) is 6.61 Å². The highest BCUT2D eigenvalue weighted by molar-refractivity contribution is 5.98. The van der Waals surface area contributed by atoms with Gasteiger partial charge in [-0.25, -0.2) is 4.79 Å². The SMILES string of the molecule is [CH2]C(=O)C=CC(=O)OCC. The molecule has 0 saturated carbocycles. The normalized spacial score (nSPS) is 9.80. The first kappa shape index (κ1) is 8.88. The van der Waals surface area contributed by atoms with Gasteiger partial charge in [0.15, 0.2) is 5.78 Å². The minimum absolute atomic E-state index is 0.314. The topological polar surface area (TPSA) is 43.4 Å². The summed E-state index contributed by atoms with van der Waals surface area (Å²) in [6, 6.07) is 0. The Kier molecular flexibility index (Phi) is 4.20. The van der Waals surface area contributed by atoms with Crippen LogP contribution in [0.3, 0.4) is 0 Å². The Morgan fingerprint density at radius 3 is 2.50 bits per heavy atom. The number of allylic oxidation sites excluding steroid dienone is 1. The summed E-state index contributed by atoms with van der Waals surface area (Å²) in [6.45, 7) is 5.04. The van der Waals surface area contributed by atoms with E-state index >= 15 is 0 Å². The van der Waals surface area contributed by atoms with Gasteiger partial charge in [0.2, 0.25) is 0 Å². The van der Waals surface area contributed by atoms with Gasteiger partial charge in [0.25, 0.3) is 0 Å². The lowest BCUT2D eigenvalue weighted by molar-refractivity contribution is -0.137. The molecule has 0 rings (SSSR count). The van der Waals surface area contributed by atoms with Gasteiger partial charge >= 0.3 is 5.97 Å². The minimum atomic E-state index is -0.514. The van der Waals surface area contributed by atoms with E-state index < -0.39 is 11.8 Å². The number of rotatable bonds is 3. The third kappa shape index (κ3) is 5.03. The van der Waals surface area contributed by atoms with E-state index in [9.17, 15) is 9.59 Å². The zero-order valence-electron chi connectivity index (χ0n) is 5.79. The van der Waals surface area contributed by atoms with Crippen LogP contribution >= 0.6 is 0 Å². The van der Waals surface area contributed by atoms with Crippen molar-refractivity contribution < 1.29 is 14.3 Å². The third-order valence-corrected chi connectivity index (χ3v) is 0.692. The number of hydrogen-bond acceptors (Lipinski definition) is 3. The Morgan fingerprint density at radius 1 is 1.50 bits per heavy atom. The van der Waals surface area contributed by atoms with Crippen molar-refractivity contribution in [1.82, 2.24) is 0 Å². The lowest BCUT2D eigenvalue weighted by Crippen LogP contribution is -1.99. The predicted molar refractivity (Wildman–Crippen MR) is 36.1 cm³/mol. The quantitative estimate of drug-likeness (QED) is 0.425. The second kappa shape index (κ2) is 4.73. The van der Waals surface area contributed by atoms with Crippen LogP contribution in [-0.2, 0) is 14.3 Å². The molecule has 0 spiro atoms. The highest BCUT2D eigenvalue weighted by Crippen LogP contribution is 1.81. The zero-order chi connectivity index (χ0) is 7.98. The van der Waals surface area contributed by atoms with E-state index in [1.165, 1.54) is 0 Å². The van der Waals surface area contributed by atoms with Crippen molar-refractivity contribution in [2.45, 2.75) is 6.92 Å². The van der Waals surface area contributed by atoms with Gasteiger partial charge in [-0.15, -0.1) is 0 Å². The van der Waals surface area contributed by atoms with E-state index in [4.69, 9.17) is 0 Å². The summed E-state index contributed by atoms with van der Waals surface area (Å²) in [5, 5.41) is 0. The van der Waals surface area contributed by atoms with Gasteiger partial charge in [0.05, 0.1) is 6.61 Å². The standard InChI is InChI=1S/C7H9O3/c1-3-10-7(9)5-4-6(2)8/h4-5H,2-3H2,1H3.